The summed E-state index contributed by atoms with van der Waals surface area (Å²) in [4.78, 5) is 25.3. The minimum atomic E-state index is -1.80. The zero-order valence-electron chi connectivity index (χ0n) is 15.6. The Labute approximate surface area is 156 Å². The number of rotatable bonds is 6. The molecule has 1 aliphatic rings. The van der Waals surface area contributed by atoms with E-state index in [1.54, 1.807) is 45.2 Å². The molecule has 0 amide bonds. The third-order valence-corrected chi connectivity index (χ3v) is 4.87. The third-order valence-electron chi connectivity index (χ3n) is 4.87. The van der Waals surface area contributed by atoms with Gasteiger partial charge in [-0.3, -0.25) is 14.7 Å². The summed E-state index contributed by atoms with van der Waals surface area (Å²) < 4.78 is 16.0. The van der Waals surface area contributed by atoms with Crippen LogP contribution in [0.15, 0.2) is 29.1 Å². The maximum Gasteiger partial charge on any atom is 0.315 e. The van der Waals surface area contributed by atoms with Crippen molar-refractivity contribution in [1.82, 2.24) is 10.2 Å². The molecule has 2 aromatic rings. The molecule has 3 N–H and O–H groups in total. The monoisotopic (exact) mass is 376 g/mol. The van der Waals surface area contributed by atoms with E-state index in [0.29, 0.717) is 22.6 Å². The predicted molar refractivity (Wildman–Crippen MR) is 96.7 cm³/mol. The molecule has 27 heavy (non-hydrogen) atoms. The number of esters is 1. The molecule has 8 heteroatoms. The molecule has 1 aliphatic carbocycles. The van der Waals surface area contributed by atoms with Gasteiger partial charge >= 0.3 is 5.97 Å². The van der Waals surface area contributed by atoms with Crippen LogP contribution in [-0.2, 0) is 20.7 Å². The van der Waals surface area contributed by atoms with Crippen molar-refractivity contribution in [3.63, 3.8) is 0 Å². The van der Waals surface area contributed by atoms with E-state index >= 15 is 0 Å². The second-order valence-electron chi connectivity index (χ2n) is 6.41. The van der Waals surface area contributed by atoms with Crippen molar-refractivity contribution in [2.45, 2.75) is 32.0 Å². The fourth-order valence-corrected chi connectivity index (χ4v) is 3.78. The number of benzene rings is 1. The number of ether oxygens (including phenoxy) is 3. The van der Waals surface area contributed by atoms with Crippen molar-refractivity contribution in [1.29, 1.82) is 0 Å². The average molecular weight is 376 g/mol. The molecule has 0 aliphatic heterocycles. The molecule has 0 radical (unpaired) electrons. The summed E-state index contributed by atoms with van der Waals surface area (Å²) in [6.45, 7) is 3.78. The molecule has 146 valence electrons. The number of aliphatic hydroxyl groups is 1. The number of hydrogen-bond acceptors (Lipinski definition) is 6. The third kappa shape index (κ3) is 3.38. The Morgan fingerprint density at radius 2 is 1.93 bits per heavy atom. The summed E-state index contributed by atoms with van der Waals surface area (Å²) in [5.74, 6) is -3.59. The minimum absolute atomic E-state index is 0.0228. The summed E-state index contributed by atoms with van der Waals surface area (Å²) in [5.41, 5.74) is 1.26. The van der Waals surface area contributed by atoms with Crippen molar-refractivity contribution < 1.29 is 24.1 Å². The van der Waals surface area contributed by atoms with Crippen molar-refractivity contribution in [3.8, 4) is 5.75 Å². The van der Waals surface area contributed by atoms with Gasteiger partial charge in [-0.25, -0.2) is 0 Å². The summed E-state index contributed by atoms with van der Waals surface area (Å²) in [5, 5.41) is 16.6. The van der Waals surface area contributed by atoms with Crippen LogP contribution in [0.2, 0.25) is 0 Å². The van der Waals surface area contributed by atoms with Crippen molar-refractivity contribution in [2.24, 2.45) is 5.92 Å². The largest absolute Gasteiger partial charge is 0.497 e. The van der Waals surface area contributed by atoms with Gasteiger partial charge in [-0.2, -0.15) is 0 Å². The lowest BCUT2D eigenvalue weighted by Crippen LogP contribution is -2.53. The number of hydrogen-bond donors (Lipinski definition) is 3. The number of methoxy groups -OCH3 is 1. The first-order chi connectivity index (χ1) is 12.9. The Morgan fingerprint density at radius 3 is 2.52 bits per heavy atom. The molecule has 0 bridgehead atoms. The van der Waals surface area contributed by atoms with E-state index < -0.39 is 23.6 Å². The van der Waals surface area contributed by atoms with E-state index in [2.05, 4.69) is 10.2 Å². The second kappa shape index (κ2) is 7.58. The number of H-pyrrole nitrogens is 2. The van der Waals surface area contributed by atoms with Gasteiger partial charge in [0.15, 0.2) is 5.79 Å². The van der Waals surface area contributed by atoms with Gasteiger partial charge in [0.2, 0.25) is 0 Å². The minimum Gasteiger partial charge on any atom is -0.497 e. The van der Waals surface area contributed by atoms with Gasteiger partial charge in [-0.15, -0.1) is 0 Å². The standard InChI is InChI=1S/C19H24N2O6/c1-4-26-18(23)16-14(11-6-8-12(25-3)9-7-11)15-13(20-21-17(15)22)10-19(16,24)27-5-2/h6-9,14,16,24H,4-5,10H2,1-3H3,(H2,20,21,22). The fourth-order valence-electron chi connectivity index (χ4n) is 3.78. The predicted octanol–water partition coefficient (Wildman–Crippen LogP) is 1.30. The highest BCUT2D eigenvalue weighted by Gasteiger charge is 2.54. The van der Waals surface area contributed by atoms with Gasteiger partial charge in [0.05, 0.1) is 13.7 Å². The first-order valence-electron chi connectivity index (χ1n) is 8.91. The molecule has 3 unspecified atom stereocenters. The quantitative estimate of drug-likeness (QED) is 0.517. The van der Waals surface area contributed by atoms with Crippen LogP contribution >= 0.6 is 0 Å². The van der Waals surface area contributed by atoms with Crippen LogP contribution in [0.1, 0.15) is 36.6 Å². The van der Waals surface area contributed by atoms with Crippen LogP contribution in [0, 0.1) is 5.92 Å². The van der Waals surface area contributed by atoms with Crippen LogP contribution in [-0.4, -0.2) is 47.4 Å². The SMILES string of the molecule is CCOC(=O)C1C(c2ccc(OC)cc2)c2c([nH][nH]c2=O)CC1(O)OCC. The van der Waals surface area contributed by atoms with Crippen LogP contribution in [0.4, 0.5) is 0 Å². The molecule has 0 saturated heterocycles. The van der Waals surface area contributed by atoms with Gasteiger partial charge in [0, 0.05) is 30.2 Å². The molecule has 1 heterocycles. The number of fused-ring (bicyclic) bond motifs is 1. The zero-order chi connectivity index (χ0) is 19.6. The molecule has 0 spiro atoms. The lowest BCUT2D eigenvalue weighted by Gasteiger charge is -2.42. The molecule has 0 fully saturated rings. The molecule has 1 aromatic heterocycles. The Hall–Kier alpha value is -2.58. The Morgan fingerprint density at radius 1 is 1.22 bits per heavy atom. The van der Waals surface area contributed by atoms with Crippen molar-refractivity contribution >= 4 is 5.97 Å². The maximum absolute atomic E-state index is 12.8. The summed E-state index contributed by atoms with van der Waals surface area (Å²) in [6.07, 6.45) is -0.0228. The van der Waals surface area contributed by atoms with Crippen LogP contribution in [0.25, 0.3) is 0 Å². The van der Waals surface area contributed by atoms with Gasteiger partial charge < -0.3 is 24.4 Å². The lowest BCUT2D eigenvalue weighted by atomic mass is 9.70. The topological polar surface area (TPSA) is 114 Å². The van der Waals surface area contributed by atoms with Crippen LogP contribution in [0.5, 0.6) is 5.75 Å². The molecular weight excluding hydrogens is 352 g/mol. The van der Waals surface area contributed by atoms with Crippen LogP contribution in [0.3, 0.4) is 0 Å². The first-order valence-corrected chi connectivity index (χ1v) is 8.91. The van der Waals surface area contributed by atoms with E-state index in [-0.39, 0.29) is 25.2 Å². The number of aromatic amines is 2. The summed E-state index contributed by atoms with van der Waals surface area (Å²) >= 11 is 0. The molecule has 0 saturated carbocycles. The highest BCUT2D eigenvalue weighted by molar-refractivity contribution is 5.77. The van der Waals surface area contributed by atoms with Crippen LogP contribution < -0.4 is 10.3 Å². The van der Waals surface area contributed by atoms with E-state index in [0.717, 1.165) is 0 Å². The van der Waals surface area contributed by atoms with E-state index in [1.807, 2.05) is 0 Å². The molecular formula is C19H24N2O6. The second-order valence-corrected chi connectivity index (χ2v) is 6.41. The zero-order valence-corrected chi connectivity index (χ0v) is 15.6. The maximum atomic E-state index is 12.8. The highest BCUT2D eigenvalue weighted by Crippen LogP contribution is 2.45. The van der Waals surface area contributed by atoms with E-state index in [1.165, 1.54) is 0 Å². The molecule has 8 nitrogen and oxygen atoms in total. The highest BCUT2D eigenvalue weighted by atomic mass is 16.6. The molecule has 3 atom stereocenters. The lowest BCUT2D eigenvalue weighted by molar-refractivity contribution is -0.244. The Kier molecular flexibility index (Phi) is 5.38. The van der Waals surface area contributed by atoms with Gasteiger partial charge in [-0.1, -0.05) is 12.1 Å². The van der Waals surface area contributed by atoms with E-state index in [9.17, 15) is 14.7 Å². The number of aromatic nitrogens is 2. The average Bonchev–Trinajstić information content (AvgIpc) is 3.00. The molecule has 1 aromatic carbocycles. The van der Waals surface area contributed by atoms with Crippen molar-refractivity contribution in [3.05, 3.63) is 51.4 Å². The fraction of sp³-hybridized carbons (Fsp3) is 0.474. The number of nitrogens with one attached hydrogen (secondary N) is 2. The number of carbonyl (C=O) groups excluding carboxylic acids is 1. The molecule has 3 rings (SSSR count). The normalized spacial score (nSPS) is 24.3. The van der Waals surface area contributed by atoms with Gasteiger partial charge in [0.1, 0.15) is 11.7 Å². The Bertz CT molecular complexity index is 856. The number of carbonyl (C=O) groups is 1. The first kappa shape index (κ1) is 19.2. The summed E-state index contributed by atoms with van der Waals surface area (Å²) in [6, 6.07) is 7.02. The van der Waals surface area contributed by atoms with Gasteiger partial charge in [-0.05, 0) is 31.5 Å². The van der Waals surface area contributed by atoms with Crippen molar-refractivity contribution in [2.75, 3.05) is 20.3 Å². The summed E-state index contributed by atoms with van der Waals surface area (Å²) in [7, 11) is 1.56. The smallest absolute Gasteiger partial charge is 0.315 e. The van der Waals surface area contributed by atoms with E-state index in [4.69, 9.17) is 14.2 Å². The Balaban J connectivity index is 2.19. The van der Waals surface area contributed by atoms with Gasteiger partial charge in [0.25, 0.3) is 5.56 Å².